The highest BCUT2D eigenvalue weighted by atomic mass is 16.4. The average molecular weight is 400 g/mol. The Labute approximate surface area is 172 Å². The molecule has 7 nitrogen and oxygen atoms in total. The number of nitrogens with one attached hydrogen (secondary N) is 1. The molecular formula is C23H20N4O3. The zero-order chi connectivity index (χ0) is 20.3. The van der Waals surface area contributed by atoms with Crippen LogP contribution in [-0.2, 0) is 6.54 Å². The van der Waals surface area contributed by atoms with Crippen LogP contribution in [0.2, 0.25) is 0 Å². The molecule has 3 aromatic heterocycles. The summed E-state index contributed by atoms with van der Waals surface area (Å²) in [7, 11) is 0. The van der Waals surface area contributed by atoms with E-state index in [1.807, 2.05) is 60.7 Å². The van der Waals surface area contributed by atoms with Gasteiger partial charge < -0.3 is 19.0 Å². The lowest BCUT2D eigenvalue weighted by atomic mass is 9.95. The van der Waals surface area contributed by atoms with Crippen LogP contribution in [0.25, 0.3) is 23.2 Å². The molecule has 1 aromatic carbocycles. The Hall–Kier alpha value is -3.84. The van der Waals surface area contributed by atoms with Gasteiger partial charge in [-0.2, -0.15) is 0 Å². The van der Waals surface area contributed by atoms with E-state index in [-0.39, 0.29) is 0 Å². The summed E-state index contributed by atoms with van der Waals surface area (Å²) in [6, 6.07) is 15.4. The maximum Gasteiger partial charge on any atom is 0.127 e. The van der Waals surface area contributed by atoms with E-state index in [0.29, 0.717) is 36.9 Å². The van der Waals surface area contributed by atoms with Crippen molar-refractivity contribution in [3.05, 3.63) is 89.5 Å². The van der Waals surface area contributed by atoms with E-state index in [1.54, 1.807) is 12.5 Å². The highest BCUT2D eigenvalue weighted by molar-refractivity contribution is 6.17. The van der Waals surface area contributed by atoms with E-state index >= 15 is 0 Å². The number of piperidine rings is 1. The number of aromatic nitrogens is 2. The van der Waals surface area contributed by atoms with E-state index in [9.17, 15) is 5.21 Å². The quantitative estimate of drug-likeness (QED) is 0.387. The van der Waals surface area contributed by atoms with Crippen LogP contribution in [0.4, 0.5) is 0 Å². The van der Waals surface area contributed by atoms with Crippen molar-refractivity contribution < 1.29 is 14.0 Å². The van der Waals surface area contributed by atoms with Crippen molar-refractivity contribution in [3.8, 4) is 0 Å². The fourth-order valence-corrected chi connectivity index (χ4v) is 3.74. The lowest BCUT2D eigenvalue weighted by Gasteiger charge is -2.30. The largest absolute Gasteiger partial charge is 0.465 e. The third-order valence-corrected chi connectivity index (χ3v) is 5.03. The maximum atomic E-state index is 9.77. The normalized spacial score (nSPS) is 17.9. The third kappa shape index (κ3) is 3.70. The second-order valence-corrected chi connectivity index (χ2v) is 7.16. The fourth-order valence-electron chi connectivity index (χ4n) is 3.74. The molecule has 0 spiro atoms. The number of rotatable bonds is 4. The average Bonchev–Trinajstić information content (AvgIpc) is 3.49. The summed E-state index contributed by atoms with van der Waals surface area (Å²) >= 11 is 0. The minimum atomic E-state index is 0.531. The van der Waals surface area contributed by atoms with E-state index in [2.05, 4.69) is 15.0 Å². The van der Waals surface area contributed by atoms with Crippen LogP contribution in [0.1, 0.15) is 17.3 Å². The molecule has 4 heterocycles. The van der Waals surface area contributed by atoms with Gasteiger partial charge in [0.2, 0.25) is 0 Å². The van der Waals surface area contributed by atoms with Crippen LogP contribution in [0, 0.1) is 0 Å². The molecule has 0 aliphatic carbocycles. The topological polar surface area (TPSA) is 90.8 Å². The first-order valence-corrected chi connectivity index (χ1v) is 9.65. The Morgan fingerprint density at radius 2 is 1.63 bits per heavy atom. The predicted octanol–water partition coefficient (Wildman–Crippen LogP) is 4.56. The predicted molar refractivity (Wildman–Crippen MR) is 114 cm³/mol. The molecule has 1 aliphatic heterocycles. The number of hydrogen-bond donors (Lipinski definition) is 2. The Morgan fingerprint density at radius 3 is 2.20 bits per heavy atom. The number of oxime groups is 1. The first kappa shape index (κ1) is 18.2. The van der Waals surface area contributed by atoms with E-state index in [0.717, 1.165) is 28.0 Å². The summed E-state index contributed by atoms with van der Waals surface area (Å²) < 4.78 is 11.0. The van der Waals surface area contributed by atoms with E-state index in [4.69, 9.17) is 13.8 Å². The number of nitrogens with zero attached hydrogens (tertiary/aromatic N) is 3. The molecule has 150 valence electrons. The summed E-state index contributed by atoms with van der Waals surface area (Å²) in [5.41, 5.74) is 4.20. The van der Waals surface area contributed by atoms with E-state index in [1.165, 1.54) is 0 Å². The maximum absolute atomic E-state index is 9.77. The van der Waals surface area contributed by atoms with Gasteiger partial charge in [-0.25, -0.2) is 4.98 Å². The molecule has 1 aliphatic rings. The first-order chi connectivity index (χ1) is 14.8. The monoisotopic (exact) mass is 400 g/mol. The highest BCUT2D eigenvalue weighted by Gasteiger charge is 2.26. The van der Waals surface area contributed by atoms with Crippen molar-refractivity contribution in [2.24, 2.45) is 5.16 Å². The Balaban J connectivity index is 1.49. The number of benzene rings is 1. The number of imidazole rings is 1. The van der Waals surface area contributed by atoms with Gasteiger partial charge in [-0.1, -0.05) is 17.3 Å². The number of likely N-dealkylation sites (tertiary alicyclic amines) is 1. The molecule has 0 atom stereocenters. The standard InChI is InChI=1S/C23H20N4O3/c28-26-23-16(11-18-5-3-9-29-18)13-27(14-17(23)12-19-6-4-10-30-19)15-22-24-20-7-1-2-8-21(20)25-22/h1-12,28H,13-15H2,(H,24,25)/b16-11+,17-12+. The third-order valence-electron chi connectivity index (χ3n) is 5.03. The van der Waals surface area contributed by atoms with Crippen LogP contribution in [0.15, 0.2) is 86.2 Å². The SMILES string of the molecule is ON=C1/C(=C/c2ccco2)CN(Cc2nc3ccccc3[nH]2)C/C1=C\c1ccco1. The van der Waals surface area contributed by atoms with Crippen molar-refractivity contribution in [3.63, 3.8) is 0 Å². The smallest absolute Gasteiger partial charge is 0.127 e. The number of furan rings is 2. The lowest BCUT2D eigenvalue weighted by molar-refractivity contribution is 0.295. The Bertz CT molecular complexity index is 1140. The summed E-state index contributed by atoms with van der Waals surface area (Å²) in [6.07, 6.45) is 7.04. The first-order valence-electron chi connectivity index (χ1n) is 9.65. The van der Waals surface area contributed by atoms with Crippen molar-refractivity contribution >= 4 is 28.9 Å². The van der Waals surface area contributed by atoms with Crippen LogP contribution in [0.3, 0.4) is 0 Å². The van der Waals surface area contributed by atoms with Crippen LogP contribution in [-0.4, -0.2) is 38.9 Å². The molecule has 7 heteroatoms. The van der Waals surface area contributed by atoms with Crippen LogP contribution >= 0.6 is 0 Å². The van der Waals surface area contributed by atoms with Gasteiger partial charge in [-0.15, -0.1) is 0 Å². The summed E-state index contributed by atoms with van der Waals surface area (Å²) in [6.45, 7) is 1.80. The van der Waals surface area contributed by atoms with Crippen molar-refractivity contribution in [2.45, 2.75) is 6.54 Å². The molecule has 30 heavy (non-hydrogen) atoms. The zero-order valence-corrected chi connectivity index (χ0v) is 16.2. The molecule has 2 N–H and O–H groups in total. The Morgan fingerprint density at radius 1 is 0.967 bits per heavy atom. The summed E-state index contributed by atoms with van der Waals surface area (Å²) in [5, 5.41) is 13.4. The van der Waals surface area contributed by atoms with Crippen LogP contribution < -0.4 is 0 Å². The second kappa shape index (κ2) is 7.88. The molecule has 0 unspecified atom stereocenters. The molecule has 0 radical (unpaired) electrons. The Kier molecular flexibility index (Phi) is 4.78. The number of para-hydroxylation sites is 2. The number of hydrogen-bond acceptors (Lipinski definition) is 6. The number of fused-ring (bicyclic) bond motifs is 1. The van der Waals surface area contributed by atoms with Gasteiger partial charge in [0.15, 0.2) is 0 Å². The molecule has 1 saturated heterocycles. The summed E-state index contributed by atoms with van der Waals surface area (Å²) in [4.78, 5) is 10.3. The summed E-state index contributed by atoms with van der Waals surface area (Å²) in [5.74, 6) is 2.29. The van der Waals surface area contributed by atoms with Gasteiger partial charge in [0.25, 0.3) is 0 Å². The molecule has 4 aromatic rings. The number of aromatic amines is 1. The molecule has 0 bridgehead atoms. The lowest BCUT2D eigenvalue weighted by Crippen LogP contribution is -2.37. The highest BCUT2D eigenvalue weighted by Crippen LogP contribution is 2.25. The van der Waals surface area contributed by atoms with Gasteiger partial charge in [0.05, 0.1) is 30.1 Å². The fraction of sp³-hybridized carbons (Fsp3) is 0.130. The van der Waals surface area contributed by atoms with Gasteiger partial charge in [-0.3, -0.25) is 4.90 Å². The van der Waals surface area contributed by atoms with Gasteiger partial charge in [-0.05, 0) is 59.7 Å². The molecule has 5 rings (SSSR count). The number of H-pyrrole nitrogens is 1. The van der Waals surface area contributed by atoms with Gasteiger partial charge in [0, 0.05) is 13.1 Å². The molecular weight excluding hydrogens is 380 g/mol. The molecule has 0 amide bonds. The minimum absolute atomic E-state index is 0.531. The molecule has 0 saturated carbocycles. The second-order valence-electron chi connectivity index (χ2n) is 7.16. The van der Waals surface area contributed by atoms with Crippen molar-refractivity contribution in [2.75, 3.05) is 13.1 Å². The zero-order valence-electron chi connectivity index (χ0n) is 16.2. The van der Waals surface area contributed by atoms with Crippen LogP contribution in [0.5, 0.6) is 0 Å². The van der Waals surface area contributed by atoms with Crippen molar-refractivity contribution in [1.29, 1.82) is 0 Å². The minimum Gasteiger partial charge on any atom is -0.465 e. The van der Waals surface area contributed by atoms with Gasteiger partial charge >= 0.3 is 0 Å². The van der Waals surface area contributed by atoms with E-state index < -0.39 is 0 Å². The molecule has 1 fully saturated rings. The van der Waals surface area contributed by atoms with Crippen molar-refractivity contribution in [1.82, 2.24) is 14.9 Å². The van der Waals surface area contributed by atoms with Gasteiger partial charge in [0.1, 0.15) is 23.1 Å².